The van der Waals surface area contributed by atoms with E-state index in [1.807, 2.05) is 23.6 Å². The lowest BCUT2D eigenvalue weighted by Gasteiger charge is -2.38. The molecule has 2 heterocycles. The second kappa shape index (κ2) is 9.43. The van der Waals surface area contributed by atoms with Crippen molar-refractivity contribution in [2.24, 2.45) is 5.41 Å². The largest absolute Gasteiger partial charge is 0.342 e. The van der Waals surface area contributed by atoms with E-state index in [4.69, 9.17) is 0 Å². The van der Waals surface area contributed by atoms with Gasteiger partial charge in [-0.25, -0.2) is 9.78 Å². The molecule has 0 saturated carbocycles. The number of aromatic amines is 1. The predicted octanol–water partition coefficient (Wildman–Crippen LogP) is 3.73. The SMILES string of the molecule is CCCN(Cc1cc(C2C=c3[nH]c(C)nc3=CC2)ccc1C)C(=O)N1CCC(C)(C#N)CC1. The highest BCUT2D eigenvalue weighted by atomic mass is 16.2. The smallest absolute Gasteiger partial charge is 0.320 e. The van der Waals surface area contributed by atoms with Gasteiger partial charge in [-0.2, -0.15) is 5.26 Å². The molecule has 1 aromatic carbocycles. The molecule has 0 spiro atoms. The van der Waals surface area contributed by atoms with Crippen LogP contribution < -0.4 is 10.7 Å². The van der Waals surface area contributed by atoms with Crippen LogP contribution in [0.1, 0.15) is 68.0 Å². The lowest BCUT2D eigenvalue weighted by atomic mass is 9.82. The lowest BCUT2D eigenvalue weighted by molar-refractivity contribution is 0.120. The summed E-state index contributed by atoms with van der Waals surface area (Å²) in [5.74, 6) is 1.25. The second-order valence-electron chi connectivity index (χ2n) is 9.88. The molecule has 1 aliphatic heterocycles. The molecule has 6 heteroatoms. The maximum absolute atomic E-state index is 13.4. The second-order valence-corrected chi connectivity index (χ2v) is 9.88. The van der Waals surface area contributed by atoms with Crippen LogP contribution in [-0.2, 0) is 6.54 Å². The van der Waals surface area contributed by atoms with Gasteiger partial charge in [0.2, 0.25) is 0 Å². The summed E-state index contributed by atoms with van der Waals surface area (Å²) >= 11 is 0. The number of hydrogen-bond acceptors (Lipinski definition) is 3. The Hall–Kier alpha value is -3.07. The van der Waals surface area contributed by atoms with Crippen LogP contribution in [0.2, 0.25) is 0 Å². The normalized spacial score (nSPS) is 19.1. The highest BCUT2D eigenvalue weighted by Crippen LogP contribution is 2.31. The molecule has 2 aromatic rings. The van der Waals surface area contributed by atoms with Crippen LogP contribution in [0.3, 0.4) is 0 Å². The van der Waals surface area contributed by atoms with Crippen molar-refractivity contribution in [1.82, 2.24) is 19.8 Å². The highest BCUT2D eigenvalue weighted by molar-refractivity contribution is 5.74. The maximum Gasteiger partial charge on any atom is 0.320 e. The van der Waals surface area contributed by atoms with Gasteiger partial charge in [-0.05, 0) is 63.1 Å². The van der Waals surface area contributed by atoms with Crippen molar-refractivity contribution in [2.45, 2.75) is 65.8 Å². The standard InChI is InChI=1S/C27H35N5O/c1-5-12-32(26(33)31-13-10-27(4,18-28)11-14-31)17-23-15-21(7-6-19(23)2)22-8-9-24-25(16-22)30-20(3)29-24/h6-7,9,15-16,22H,5,8,10-14,17H2,1-4H3,(H,29,30). The zero-order valence-electron chi connectivity index (χ0n) is 20.3. The molecule has 4 rings (SSSR count). The van der Waals surface area contributed by atoms with E-state index < -0.39 is 0 Å². The minimum absolute atomic E-state index is 0.0942. The Morgan fingerprint density at radius 2 is 2.09 bits per heavy atom. The fourth-order valence-electron chi connectivity index (χ4n) is 4.86. The van der Waals surface area contributed by atoms with Crippen molar-refractivity contribution in [3.8, 4) is 6.07 Å². The molecule has 2 aliphatic rings. The van der Waals surface area contributed by atoms with E-state index in [0.29, 0.717) is 25.6 Å². The fraction of sp³-hybridized carbons (Fsp3) is 0.519. The van der Waals surface area contributed by atoms with Crippen LogP contribution in [-0.4, -0.2) is 45.4 Å². The summed E-state index contributed by atoms with van der Waals surface area (Å²) in [7, 11) is 0. The van der Waals surface area contributed by atoms with Gasteiger partial charge in [0.25, 0.3) is 0 Å². The molecule has 0 radical (unpaired) electrons. The van der Waals surface area contributed by atoms with Crippen LogP contribution >= 0.6 is 0 Å². The number of piperidine rings is 1. The number of nitrogens with one attached hydrogen (secondary N) is 1. The summed E-state index contributed by atoms with van der Waals surface area (Å²) in [4.78, 5) is 25.2. The van der Waals surface area contributed by atoms with E-state index in [1.54, 1.807) is 0 Å². The first kappa shape index (κ1) is 23.1. The summed E-state index contributed by atoms with van der Waals surface area (Å²) in [6.45, 7) is 10.9. The Kier molecular flexibility index (Phi) is 6.60. The van der Waals surface area contributed by atoms with Gasteiger partial charge in [0.1, 0.15) is 5.82 Å². The summed E-state index contributed by atoms with van der Waals surface area (Å²) in [6, 6.07) is 9.18. The molecule has 6 nitrogen and oxygen atoms in total. The average molecular weight is 446 g/mol. The third-order valence-corrected chi connectivity index (χ3v) is 7.15. The zero-order chi connectivity index (χ0) is 23.6. The van der Waals surface area contributed by atoms with Crippen molar-refractivity contribution >= 4 is 18.2 Å². The van der Waals surface area contributed by atoms with Crippen molar-refractivity contribution in [2.75, 3.05) is 19.6 Å². The Morgan fingerprint density at radius 1 is 1.33 bits per heavy atom. The molecule has 1 N–H and O–H groups in total. The number of rotatable bonds is 5. The number of aryl methyl sites for hydroxylation is 2. The van der Waals surface area contributed by atoms with E-state index >= 15 is 0 Å². The van der Waals surface area contributed by atoms with E-state index in [2.05, 4.69) is 60.2 Å². The molecule has 1 aliphatic carbocycles. The molecule has 1 atom stereocenters. The first-order valence-electron chi connectivity index (χ1n) is 12.1. The first-order valence-corrected chi connectivity index (χ1v) is 12.1. The number of H-pyrrole nitrogens is 1. The number of nitrogens with zero attached hydrogens (tertiary/aromatic N) is 4. The molecule has 2 amide bonds. The van der Waals surface area contributed by atoms with Crippen molar-refractivity contribution in [3.05, 3.63) is 51.4 Å². The molecule has 1 unspecified atom stereocenters. The number of amides is 2. The topological polar surface area (TPSA) is 76.0 Å². The van der Waals surface area contributed by atoms with Crippen molar-refractivity contribution < 1.29 is 4.79 Å². The number of benzene rings is 1. The number of carbonyl (C=O) groups excluding carboxylic acids is 1. The van der Waals surface area contributed by atoms with Crippen LogP contribution in [0.15, 0.2) is 18.2 Å². The number of likely N-dealkylation sites (tertiary alicyclic amines) is 1. The molecule has 1 fully saturated rings. The summed E-state index contributed by atoms with van der Waals surface area (Å²) in [5.41, 5.74) is 3.38. The Bertz CT molecular complexity index is 1180. The van der Waals surface area contributed by atoms with Gasteiger partial charge in [-0.15, -0.1) is 0 Å². The van der Waals surface area contributed by atoms with Crippen LogP contribution in [0, 0.1) is 30.6 Å². The average Bonchev–Trinajstić information content (AvgIpc) is 3.19. The molecule has 33 heavy (non-hydrogen) atoms. The molecular formula is C27H35N5O. The maximum atomic E-state index is 13.4. The Labute approximate surface area is 196 Å². The number of hydrogen-bond donors (Lipinski definition) is 1. The van der Waals surface area contributed by atoms with E-state index in [9.17, 15) is 10.1 Å². The third kappa shape index (κ3) is 4.98. The summed E-state index contributed by atoms with van der Waals surface area (Å²) in [5, 5.41) is 11.6. The molecule has 0 bridgehead atoms. The van der Waals surface area contributed by atoms with Gasteiger partial charge in [0.05, 0.1) is 22.2 Å². The monoisotopic (exact) mass is 445 g/mol. The number of urea groups is 1. The van der Waals surface area contributed by atoms with Crippen molar-refractivity contribution in [1.29, 1.82) is 5.26 Å². The van der Waals surface area contributed by atoms with Crippen LogP contribution in [0.25, 0.3) is 12.2 Å². The van der Waals surface area contributed by atoms with E-state index in [1.165, 1.54) is 16.7 Å². The van der Waals surface area contributed by atoms with Crippen molar-refractivity contribution in [3.63, 3.8) is 0 Å². The number of carbonyl (C=O) groups is 1. The van der Waals surface area contributed by atoms with Crippen LogP contribution in [0.4, 0.5) is 4.79 Å². The first-order chi connectivity index (χ1) is 15.8. The number of imidazole rings is 1. The van der Waals surface area contributed by atoms with Gasteiger partial charge in [-0.3, -0.25) is 0 Å². The van der Waals surface area contributed by atoms with Gasteiger partial charge in [0.15, 0.2) is 0 Å². The quantitative estimate of drug-likeness (QED) is 0.762. The van der Waals surface area contributed by atoms with Gasteiger partial charge in [0, 0.05) is 32.1 Å². The fourth-order valence-corrected chi connectivity index (χ4v) is 4.86. The van der Waals surface area contributed by atoms with Gasteiger partial charge in [-0.1, -0.05) is 37.3 Å². The minimum Gasteiger partial charge on any atom is -0.342 e. The molecule has 1 saturated heterocycles. The van der Waals surface area contributed by atoms with Crippen LogP contribution in [0.5, 0.6) is 0 Å². The minimum atomic E-state index is -0.308. The van der Waals surface area contributed by atoms with Gasteiger partial charge >= 0.3 is 6.03 Å². The predicted molar refractivity (Wildman–Crippen MR) is 131 cm³/mol. The number of nitriles is 1. The van der Waals surface area contributed by atoms with E-state index in [-0.39, 0.29) is 11.4 Å². The number of fused-ring (bicyclic) bond motifs is 1. The Morgan fingerprint density at radius 3 is 2.79 bits per heavy atom. The lowest BCUT2D eigenvalue weighted by Crippen LogP contribution is -2.48. The van der Waals surface area contributed by atoms with Gasteiger partial charge < -0.3 is 14.8 Å². The molecule has 1 aromatic heterocycles. The molecule has 174 valence electrons. The van der Waals surface area contributed by atoms with E-state index in [0.717, 1.165) is 48.8 Å². The molecular weight excluding hydrogens is 410 g/mol. The third-order valence-electron chi connectivity index (χ3n) is 7.15. The zero-order valence-corrected chi connectivity index (χ0v) is 20.3. The summed E-state index contributed by atoms with van der Waals surface area (Å²) < 4.78 is 0. The highest BCUT2D eigenvalue weighted by Gasteiger charge is 2.33. The number of aromatic nitrogens is 2. The Balaban J connectivity index is 1.52. The summed E-state index contributed by atoms with van der Waals surface area (Å²) in [6.07, 6.45) is 7.82.